The van der Waals surface area contributed by atoms with E-state index in [4.69, 9.17) is 14.5 Å². The van der Waals surface area contributed by atoms with Crippen molar-refractivity contribution in [3.05, 3.63) is 48.8 Å². The number of pyridine rings is 1. The molecule has 7 nitrogen and oxygen atoms in total. The molecule has 1 aromatic carbocycles. The minimum absolute atomic E-state index is 0.0924. The molecule has 0 atom stereocenters. The first kappa shape index (κ1) is 16.3. The number of nitrogens with zero attached hydrogens (tertiary/aromatic N) is 5. The van der Waals surface area contributed by atoms with Gasteiger partial charge in [-0.1, -0.05) is 18.2 Å². The van der Waals surface area contributed by atoms with Crippen LogP contribution in [-0.2, 0) is 4.74 Å². The van der Waals surface area contributed by atoms with Crippen LogP contribution in [0.2, 0.25) is 0 Å². The minimum Gasteiger partial charge on any atom is -0.468 e. The normalized spacial score (nSPS) is 17.8. The monoisotopic (exact) mass is 363 g/mol. The molecule has 0 amide bonds. The lowest BCUT2D eigenvalue weighted by atomic mass is 10.1. The summed E-state index contributed by atoms with van der Waals surface area (Å²) in [6, 6.07) is 12.4. The molecule has 0 spiro atoms. The van der Waals surface area contributed by atoms with Crippen molar-refractivity contribution in [3.8, 4) is 5.88 Å². The lowest BCUT2D eigenvalue weighted by Crippen LogP contribution is -2.54. The van der Waals surface area contributed by atoms with Crippen molar-refractivity contribution in [2.75, 3.05) is 49.2 Å². The van der Waals surface area contributed by atoms with E-state index in [1.54, 1.807) is 12.4 Å². The second-order valence-electron chi connectivity index (χ2n) is 6.79. The number of fused-ring (bicyclic) bond motifs is 1. The van der Waals surface area contributed by atoms with Gasteiger partial charge in [-0.25, -0.2) is 15.0 Å². The average molecular weight is 363 g/mol. The van der Waals surface area contributed by atoms with E-state index in [0.717, 1.165) is 48.7 Å². The third-order valence-electron chi connectivity index (χ3n) is 4.99. The Kier molecular flexibility index (Phi) is 4.21. The van der Waals surface area contributed by atoms with E-state index in [0.29, 0.717) is 19.1 Å². The van der Waals surface area contributed by atoms with E-state index < -0.39 is 0 Å². The lowest BCUT2D eigenvalue weighted by molar-refractivity contribution is 0.120. The zero-order chi connectivity index (χ0) is 18.1. The van der Waals surface area contributed by atoms with E-state index >= 15 is 0 Å². The fourth-order valence-corrected chi connectivity index (χ4v) is 3.48. The minimum atomic E-state index is 0.0924. The molecule has 27 heavy (non-hydrogen) atoms. The van der Waals surface area contributed by atoms with Gasteiger partial charge < -0.3 is 19.3 Å². The van der Waals surface area contributed by atoms with Crippen LogP contribution in [0, 0.1) is 0 Å². The molecule has 0 unspecified atom stereocenters. The Morgan fingerprint density at radius 3 is 2.63 bits per heavy atom. The van der Waals surface area contributed by atoms with Crippen molar-refractivity contribution in [1.29, 1.82) is 0 Å². The highest BCUT2D eigenvalue weighted by Crippen LogP contribution is 2.28. The van der Waals surface area contributed by atoms with Gasteiger partial charge in [0, 0.05) is 30.9 Å². The third-order valence-corrected chi connectivity index (χ3v) is 4.99. The second-order valence-corrected chi connectivity index (χ2v) is 6.79. The number of hydrogen-bond acceptors (Lipinski definition) is 7. The van der Waals surface area contributed by atoms with Crippen LogP contribution in [0.3, 0.4) is 0 Å². The maximum Gasteiger partial charge on any atom is 0.258 e. The van der Waals surface area contributed by atoms with Gasteiger partial charge in [0.15, 0.2) is 5.82 Å². The first-order valence-electron chi connectivity index (χ1n) is 9.28. The fraction of sp³-hybridized carbons (Fsp3) is 0.350. The number of anilines is 2. The highest BCUT2D eigenvalue weighted by Gasteiger charge is 2.31. The molecule has 0 radical (unpaired) electrons. The van der Waals surface area contributed by atoms with E-state index in [9.17, 15) is 0 Å². The van der Waals surface area contributed by atoms with Crippen molar-refractivity contribution < 1.29 is 9.47 Å². The van der Waals surface area contributed by atoms with Crippen LogP contribution < -0.4 is 14.5 Å². The van der Waals surface area contributed by atoms with Crippen molar-refractivity contribution in [1.82, 2.24) is 15.0 Å². The molecule has 0 aliphatic carbocycles. The van der Waals surface area contributed by atoms with E-state index in [1.165, 1.54) is 0 Å². The summed E-state index contributed by atoms with van der Waals surface area (Å²) in [7, 11) is 0. The first-order valence-corrected chi connectivity index (χ1v) is 9.28. The molecule has 0 saturated carbocycles. The standard InChI is InChI=1S/C20H21N5O2/c1-2-4-17-15(3-1)5-6-18(23-17)25-13-16(14-25)27-20-19(21-7-8-22-20)24-9-11-26-12-10-24/h1-8,16H,9-14H2. The van der Waals surface area contributed by atoms with Crippen LogP contribution in [0.4, 0.5) is 11.6 Å². The molecular formula is C20H21N5O2. The van der Waals surface area contributed by atoms with E-state index in [1.807, 2.05) is 18.2 Å². The van der Waals surface area contributed by atoms with Crippen LogP contribution in [0.1, 0.15) is 0 Å². The third kappa shape index (κ3) is 3.26. The summed E-state index contributed by atoms with van der Waals surface area (Å²) < 4.78 is 11.6. The molecule has 0 bridgehead atoms. The predicted molar refractivity (Wildman–Crippen MR) is 103 cm³/mol. The van der Waals surface area contributed by atoms with Gasteiger partial charge in [0.05, 0.1) is 31.8 Å². The van der Waals surface area contributed by atoms with Crippen LogP contribution in [0.25, 0.3) is 10.9 Å². The van der Waals surface area contributed by atoms with Crippen LogP contribution in [0.15, 0.2) is 48.8 Å². The maximum absolute atomic E-state index is 6.15. The largest absolute Gasteiger partial charge is 0.468 e. The lowest BCUT2D eigenvalue weighted by Gasteiger charge is -2.40. The van der Waals surface area contributed by atoms with Gasteiger partial charge in [-0.2, -0.15) is 0 Å². The summed E-state index contributed by atoms with van der Waals surface area (Å²) in [6.45, 7) is 4.64. The van der Waals surface area contributed by atoms with Crippen molar-refractivity contribution in [2.45, 2.75) is 6.10 Å². The van der Waals surface area contributed by atoms with E-state index in [-0.39, 0.29) is 6.10 Å². The second kappa shape index (κ2) is 7.00. The predicted octanol–water partition coefficient (Wildman–Crippen LogP) is 2.13. The Hall–Kier alpha value is -2.93. The van der Waals surface area contributed by atoms with Crippen molar-refractivity contribution in [2.24, 2.45) is 0 Å². The van der Waals surface area contributed by atoms with Crippen LogP contribution in [-0.4, -0.2) is 60.4 Å². The Balaban J connectivity index is 1.26. The molecule has 7 heteroatoms. The number of ether oxygens (including phenoxy) is 2. The average Bonchev–Trinajstić information content (AvgIpc) is 2.71. The number of hydrogen-bond donors (Lipinski definition) is 0. The number of benzene rings is 1. The smallest absolute Gasteiger partial charge is 0.258 e. The van der Waals surface area contributed by atoms with Gasteiger partial charge in [0.2, 0.25) is 0 Å². The summed E-state index contributed by atoms with van der Waals surface area (Å²) in [5.41, 5.74) is 1.02. The molecule has 3 aromatic rings. The Labute approximate surface area is 157 Å². The first-order chi connectivity index (χ1) is 13.4. The summed E-state index contributed by atoms with van der Waals surface area (Å²) in [4.78, 5) is 18.0. The van der Waals surface area contributed by atoms with Crippen molar-refractivity contribution >= 4 is 22.5 Å². The molecule has 2 aliphatic heterocycles. The Morgan fingerprint density at radius 1 is 0.926 bits per heavy atom. The topological polar surface area (TPSA) is 63.6 Å². The molecule has 2 saturated heterocycles. The summed E-state index contributed by atoms with van der Waals surface area (Å²) >= 11 is 0. The number of para-hydroxylation sites is 1. The van der Waals surface area contributed by atoms with Crippen molar-refractivity contribution in [3.63, 3.8) is 0 Å². The molecule has 2 aliphatic rings. The summed E-state index contributed by atoms with van der Waals surface area (Å²) in [6.07, 6.45) is 3.49. The van der Waals surface area contributed by atoms with Gasteiger partial charge in [-0.3, -0.25) is 0 Å². The SMILES string of the molecule is c1ccc2nc(N3CC(Oc4nccnc4N4CCOCC4)C3)ccc2c1. The van der Waals surface area contributed by atoms with Gasteiger partial charge in [0.1, 0.15) is 11.9 Å². The van der Waals surface area contributed by atoms with Crippen LogP contribution in [0.5, 0.6) is 5.88 Å². The summed E-state index contributed by atoms with van der Waals surface area (Å²) in [5, 5.41) is 1.16. The highest BCUT2D eigenvalue weighted by atomic mass is 16.5. The van der Waals surface area contributed by atoms with E-state index in [2.05, 4.69) is 38.0 Å². The number of morpholine rings is 1. The molecule has 138 valence electrons. The highest BCUT2D eigenvalue weighted by molar-refractivity contribution is 5.80. The van der Waals surface area contributed by atoms with Gasteiger partial charge in [-0.15, -0.1) is 0 Å². The van der Waals surface area contributed by atoms with Gasteiger partial charge in [-0.05, 0) is 18.2 Å². The quantitative estimate of drug-likeness (QED) is 0.704. The number of aromatic nitrogens is 3. The molecule has 2 aromatic heterocycles. The maximum atomic E-state index is 6.15. The zero-order valence-electron chi connectivity index (χ0n) is 15.0. The zero-order valence-corrected chi connectivity index (χ0v) is 15.0. The van der Waals surface area contributed by atoms with Gasteiger partial charge in [0.25, 0.3) is 5.88 Å². The fourth-order valence-electron chi connectivity index (χ4n) is 3.48. The van der Waals surface area contributed by atoms with Crippen LogP contribution >= 0.6 is 0 Å². The number of rotatable bonds is 4. The Bertz CT molecular complexity index is 938. The molecule has 4 heterocycles. The molecule has 0 N–H and O–H groups in total. The molecular weight excluding hydrogens is 342 g/mol. The Morgan fingerprint density at radius 2 is 1.74 bits per heavy atom. The molecule has 2 fully saturated rings. The molecule has 5 rings (SSSR count). The summed E-state index contributed by atoms with van der Waals surface area (Å²) in [5.74, 6) is 2.40. The van der Waals surface area contributed by atoms with Gasteiger partial charge >= 0.3 is 0 Å².